The molecule has 0 aliphatic carbocycles. The number of hydrogen-bond donors (Lipinski definition) is 9. The van der Waals surface area contributed by atoms with Crippen molar-refractivity contribution in [2.75, 3.05) is 79.2 Å². The highest BCUT2D eigenvalue weighted by Gasteiger charge is 2.46. The van der Waals surface area contributed by atoms with Crippen molar-refractivity contribution in [1.29, 1.82) is 0 Å². The number of benzene rings is 1. The molecule has 2 amide bonds. The second kappa shape index (κ2) is 35.1. The molecule has 0 bridgehead atoms. The third-order valence-corrected chi connectivity index (χ3v) is 9.13. The molecule has 0 saturated carbocycles. The van der Waals surface area contributed by atoms with Crippen LogP contribution < -0.4 is 16.4 Å². The van der Waals surface area contributed by atoms with Crippen LogP contribution in [-0.2, 0) is 76.1 Å². The second-order valence-corrected chi connectivity index (χ2v) is 14.2. The van der Waals surface area contributed by atoms with Crippen LogP contribution in [0.5, 0.6) is 0 Å². The summed E-state index contributed by atoms with van der Waals surface area (Å²) in [5.74, 6) is -1.17. The van der Waals surface area contributed by atoms with Gasteiger partial charge in [-0.15, -0.1) is 0 Å². The average molecular weight is 925 g/mol. The average Bonchev–Trinajstić information content (AvgIpc) is 3.27. The maximum Gasteiger partial charge on any atom is 0.308 e. The van der Waals surface area contributed by atoms with Crippen LogP contribution in [0.25, 0.3) is 0 Å². The number of ether oxygens (including phenoxy) is 8. The van der Waals surface area contributed by atoms with Crippen LogP contribution in [0.1, 0.15) is 52.0 Å². The molecular formula is C40H68N4O18S. The van der Waals surface area contributed by atoms with Crippen molar-refractivity contribution in [2.45, 2.75) is 114 Å². The zero-order chi connectivity index (χ0) is 47.0. The van der Waals surface area contributed by atoms with E-state index in [0.29, 0.717) is 32.6 Å². The van der Waals surface area contributed by atoms with Crippen LogP contribution in [0, 0.1) is 0 Å². The number of carbonyl (C=O) groups is 4. The Hall–Kier alpha value is -3.24. The lowest BCUT2D eigenvalue weighted by atomic mass is 9.97. The van der Waals surface area contributed by atoms with E-state index in [2.05, 4.69) is 27.4 Å². The highest BCUT2D eigenvalue weighted by molar-refractivity contribution is 7.47. The summed E-state index contributed by atoms with van der Waals surface area (Å²) in [7, 11) is 0. The highest BCUT2D eigenvalue weighted by atomic mass is 32.1. The van der Waals surface area contributed by atoms with Gasteiger partial charge in [0.05, 0.1) is 65.9 Å². The van der Waals surface area contributed by atoms with Gasteiger partial charge in [-0.05, 0) is 18.9 Å². The monoisotopic (exact) mass is 924 g/mol. The second-order valence-electron chi connectivity index (χ2n) is 14.0. The predicted molar refractivity (Wildman–Crippen MR) is 224 cm³/mol. The fourth-order valence-electron chi connectivity index (χ4n) is 5.71. The lowest BCUT2D eigenvalue weighted by molar-refractivity contribution is -0.272. The van der Waals surface area contributed by atoms with E-state index in [1.165, 1.54) is 13.8 Å². The molecule has 2 saturated heterocycles. The third kappa shape index (κ3) is 24.6. The quantitative estimate of drug-likeness (QED) is 0.0326. The van der Waals surface area contributed by atoms with Gasteiger partial charge in [0.15, 0.2) is 12.6 Å². The zero-order valence-corrected chi connectivity index (χ0v) is 37.0. The van der Waals surface area contributed by atoms with Crippen molar-refractivity contribution in [3.8, 4) is 0 Å². The minimum absolute atomic E-state index is 0.0212. The smallest absolute Gasteiger partial charge is 0.308 e. The molecule has 2 aliphatic rings. The molecule has 1 aromatic carbocycles. The fourth-order valence-corrected chi connectivity index (χ4v) is 5.71. The van der Waals surface area contributed by atoms with Gasteiger partial charge in [0.1, 0.15) is 61.1 Å². The maximum absolute atomic E-state index is 12.0. The largest absolute Gasteiger partial charge is 0.461 e. The van der Waals surface area contributed by atoms with Crippen molar-refractivity contribution >= 4 is 36.0 Å². The first-order chi connectivity index (χ1) is 30.2. The van der Waals surface area contributed by atoms with E-state index in [1.54, 1.807) is 0 Å². The Balaban J connectivity index is 0.000000665. The molecule has 2 heterocycles. The summed E-state index contributed by atoms with van der Waals surface area (Å²) in [5, 5.41) is 63.4. The number of ketones is 1. The molecule has 3 rings (SSSR count). The van der Waals surface area contributed by atoms with Crippen LogP contribution in [0.4, 0.5) is 0 Å². The standard InChI is InChI=1S/C26H39NO11.C12H24N2O7.C2H5NS/c1-18(29)27-23-25(33)24(32)21(16-28)38-26(23)36-15-14-34-11-5-8-20(30)9-12-35-13-10-22(31)37-17-19-6-3-2-4-7-19;1-7(16)14-9-11(18)10(17)8(6-15)21-12(9)20-5-4-19-3-2-13;1-2-3-4/h2-4,6-7,21,23-26,28,32-33H,5,8-17H2,1H3,(H,27,29);8-12,15,17-18H,2-6,13H2,1H3,(H,14,16);2H2,1H3. The number of nitrogens with two attached hydrogens (primary N) is 1. The van der Waals surface area contributed by atoms with Gasteiger partial charge in [0.25, 0.3) is 0 Å². The van der Waals surface area contributed by atoms with Gasteiger partial charge in [0, 0.05) is 58.8 Å². The van der Waals surface area contributed by atoms with Crippen LogP contribution in [0.2, 0.25) is 0 Å². The number of Topliss-reactive ketones (excluding diaryl/α,β-unsaturated/α-hetero) is 1. The number of amides is 2. The van der Waals surface area contributed by atoms with E-state index < -0.39 is 86.3 Å². The van der Waals surface area contributed by atoms with E-state index in [-0.39, 0.29) is 70.8 Å². The summed E-state index contributed by atoms with van der Waals surface area (Å²) in [5.41, 5.74) is 6.19. The van der Waals surface area contributed by atoms with Crippen LogP contribution in [0.3, 0.4) is 0 Å². The van der Waals surface area contributed by atoms with E-state index in [4.69, 9.17) is 48.7 Å². The van der Waals surface area contributed by atoms with E-state index in [0.717, 1.165) is 12.1 Å². The number of nitrogens with zero attached hydrogens (tertiary/aromatic N) is 1. The number of carbonyl (C=O) groups excluding carboxylic acids is 4. The molecule has 2 aliphatic heterocycles. The molecule has 0 radical (unpaired) electrons. The predicted octanol–water partition coefficient (Wildman–Crippen LogP) is -2.49. The van der Waals surface area contributed by atoms with Gasteiger partial charge in [-0.3, -0.25) is 19.2 Å². The van der Waals surface area contributed by atoms with Crippen LogP contribution >= 0.6 is 0 Å². The Morgan fingerprint density at radius 1 is 0.698 bits per heavy atom. The number of esters is 1. The maximum atomic E-state index is 12.0. The van der Waals surface area contributed by atoms with Gasteiger partial charge in [-0.25, -0.2) is 4.36 Å². The van der Waals surface area contributed by atoms with E-state index in [9.17, 15) is 44.7 Å². The topological polar surface area (TPSA) is 326 Å². The molecule has 23 heteroatoms. The summed E-state index contributed by atoms with van der Waals surface area (Å²) < 4.78 is 46.2. The molecule has 10 atom stereocenters. The molecule has 0 aromatic heterocycles. The molecule has 362 valence electrons. The lowest BCUT2D eigenvalue weighted by Crippen LogP contribution is -2.64. The molecule has 1 aromatic rings. The number of nitrogens with one attached hydrogen (secondary N) is 2. The van der Waals surface area contributed by atoms with Gasteiger partial charge < -0.3 is 84.9 Å². The van der Waals surface area contributed by atoms with Gasteiger partial charge in [-0.1, -0.05) is 30.3 Å². The number of hydrogen-bond acceptors (Lipinski definition) is 21. The zero-order valence-electron chi connectivity index (χ0n) is 36.2. The molecule has 10 N–H and O–H groups in total. The summed E-state index contributed by atoms with van der Waals surface area (Å²) in [4.78, 5) is 46.3. The molecule has 0 spiro atoms. The van der Waals surface area contributed by atoms with Gasteiger partial charge >= 0.3 is 5.97 Å². The molecular weight excluding hydrogens is 857 g/mol. The Labute approximate surface area is 373 Å². The summed E-state index contributed by atoms with van der Waals surface area (Å²) in [6.45, 7) is 6.61. The molecule has 2 fully saturated rings. The Morgan fingerprint density at radius 2 is 1.17 bits per heavy atom. The van der Waals surface area contributed by atoms with Crippen molar-refractivity contribution < 1.29 is 87.7 Å². The summed E-state index contributed by atoms with van der Waals surface area (Å²) >= 11 is 4.18. The van der Waals surface area contributed by atoms with Gasteiger partial charge in [0.2, 0.25) is 11.8 Å². The van der Waals surface area contributed by atoms with Crippen LogP contribution in [0.15, 0.2) is 34.7 Å². The molecule has 10 unspecified atom stereocenters. The normalized spacial score (nSPS) is 25.3. The number of aliphatic hydroxyl groups excluding tert-OH is 6. The number of rotatable bonds is 27. The van der Waals surface area contributed by atoms with E-state index >= 15 is 0 Å². The Bertz CT molecular complexity index is 1410. The Kier molecular flexibility index (Phi) is 32.2. The fraction of sp³-hybridized carbons (Fsp3) is 0.750. The first-order valence-electron chi connectivity index (χ1n) is 20.7. The van der Waals surface area contributed by atoms with Crippen molar-refractivity contribution in [3.63, 3.8) is 0 Å². The molecule has 63 heavy (non-hydrogen) atoms. The van der Waals surface area contributed by atoms with Gasteiger partial charge in [-0.2, -0.15) is 0 Å². The first-order valence-corrected chi connectivity index (χ1v) is 21.1. The third-order valence-electron chi connectivity index (χ3n) is 8.88. The first kappa shape index (κ1) is 57.8. The highest BCUT2D eigenvalue weighted by Crippen LogP contribution is 2.23. The molecule has 22 nitrogen and oxygen atoms in total. The number of aliphatic hydroxyl groups is 6. The minimum atomic E-state index is -1.38. The van der Waals surface area contributed by atoms with Crippen molar-refractivity contribution in [3.05, 3.63) is 35.9 Å². The van der Waals surface area contributed by atoms with Crippen molar-refractivity contribution in [2.24, 2.45) is 10.1 Å². The van der Waals surface area contributed by atoms with Crippen molar-refractivity contribution in [1.82, 2.24) is 10.6 Å². The SMILES string of the molecule is CC(=O)NC1C(OCCOCCCC(=O)CCOCCC(=O)OCc2ccccc2)OC(CO)C(O)C1O.CC(=O)NC1C(OCCOCCN)OC(CO)C(O)C1O.CCN=S. The Morgan fingerprint density at radius 3 is 1.63 bits per heavy atom. The van der Waals surface area contributed by atoms with E-state index in [1.807, 2.05) is 37.3 Å². The lowest BCUT2D eigenvalue weighted by Gasteiger charge is -2.42. The minimum Gasteiger partial charge on any atom is -0.461 e. The summed E-state index contributed by atoms with van der Waals surface area (Å²) in [6, 6.07) is 7.43. The summed E-state index contributed by atoms with van der Waals surface area (Å²) in [6.07, 6.45) is -8.30. The van der Waals surface area contributed by atoms with Crippen LogP contribution in [-0.4, -0.2) is 195 Å².